The molecule has 0 fully saturated rings. The number of fused-ring (bicyclic) bond motifs is 3. The second kappa shape index (κ2) is 1.88. The van der Waals surface area contributed by atoms with Crippen LogP contribution in [0.15, 0.2) is 0 Å². The van der Waals surface area contributed by atoms with Gasteiger partial charge in [0.2, 0.25) is 5.65 Å². The minimum atomic E-state index is -0.261. The summed E-state index contributed by atoms with van der Waals surface area (Å²) < 4.78 is 1.08. The molecule has 0 spiro atoms. The van der Waals surface area contributed by atoms with E-state index < -0.39 is 0 Å². The van der Waals surface area contributed by atoms with E-state index in [-0.39, 0.29) is 11.4 Å². The Bertz CT molecular complexity index is 580. The van der Waals surface area contributed by atoms with Crippen LogP contribution >= 0.6 is 0 Å². The Kier molecular flexibility index (Phi) is 0.902. The number of aromatic nitrogens is 8. The summed E-state index contributed by atoms with van der Waals surface area (Å²) in [7, 11) is 0. The molecule has 64 valence electrons. The molecule has 0 atom stereocenters. The number of hydrogen-bond donors (Lipinski definition) is 2. The van der Waals surface area contributed by atoms with Gasteiger partial charge in [0, 0.05) is 0 Å². The number of nitrogens with one attached hydrogen (secondary N) is 1. The van der Waals surface area contributed by atoms with E-state index in [1.165, 1.54) is 0 Å². The number of tetrazole rings is 1. The first-order valence-electron chi connectivity index (χ1n) is 3.34. The van der Waals surface area contributed by atoms with Crippen molar-refractivity contribution in [3.05, 3.63) is 0 Å². The smallest absolute Gasteiger partial charge is 0.261 e. The molecule has 3 aromatic rings. The molecule has 0 amide bonds. The van der Waals surface area contributed by atoms with Crippen molar-refractivity contribution in [3.8, 4) is 5.88 Å². The Morgan fingerprint density at radius 1 is 1.23 bits per heavy atom. The lowest BCUT2D eigenvalue weighted by Crippen LogP contribution is -1.94. The zero-order chi connectivity index (χ0) is 8.84. The normalized spacial score (nSPS) is 11.4. The van der Waals surface area contributed by atoms with Gasteiger partial charge in [-0.1, -0.05) is 0 Å². The molecule has 3 heterocycles. The van der Waals surface area contributed by atoms with Crippen LogP contribution in [0.2, 0.25) is 0 Å². The van der Waals surface area contributed by atoms with Crippen molar-refractivity contribution < 1.29 is 5.11 Å². The van der Waals surface area contributed by atoms with Crippen molar-refractivity contribution in [3.63, 3.8) is 0 Å². The number of hydrogen-bond acceptors (Lipinski definition) is 7. The molecule has 3 aromatic heterocycles. The second-order valence-electron chi connectivity index (χ2n) is 2.34. The third kappa shape index (κ3) is 0.648. The van der Waals surface area contributed by atoms with Crippen molar-refractivity contribution in [2.24, 2.45) is 0 Å². The molecule has 0 saturated heterocycles. The van der Waals surface area contributed by atoms with Crippen LogP contribution in [0.4, 0.5) is 0 Å². The average molecular weight is 178 g/mol. The number of aromatic amines is 1. The lowest BCUT2D eigenvalue weighted by atomic mass is 10.4. The maximum absolute atomic E-state index is 9.33. The van der Waals surface area contributed by atoms with Gasteiger partial charge >= 0.3 is 0 Å². The molecule has 9 nitrogen and oxygen atoms in total. The highest BCUT2D eigenvalue weighted by molar-refractivity contribution is 5.89. The largest absolute Gasteiger partial charge is 0.491 e. The van der Waals surface area contributed by atoms with Crippen LogP contribution in [0.1, 0.15) is 0 Å². The first kappa shape index (κ1) is 6.22. The Labute approximate surface area is 69.4 Å². The Morgan fingerprint density at radius 3 is 3.00 bits per heavy atom. The summed E-state index contributed by atoms with van der Waals surface area (Å²) >= 11 is 0. The summed E-state index contributed by atoms with van der Waals surface area (Å²) in [4.78, 5) is 0. The third-order valence-corrected chi connectivity index (χ3v) is 1.61. The van der Waals surface area contributed by atoms with Crippen molar-refractivity contribution >= 4 is 16.7 Å². The molecular weight excluding hydrogens is 176 g/mol. The summed E-state index contributed by atoms with van der Waals surface area (Å²) in [5, 5.41) is 33.4. The maximum Gasteiger partial charge on any atom is 0.261 e. The molecule has 0 aliphatic heterocycles. The van der Waals surface area contributed by atoms with Crippen LogP contribution in [0.5, 0.6) is 5.88 Å². The quantitative estimate of drug-likeness (QED) is 0.429. The molecular formula is C4H2N8O. The van der Waals surface area contributed by atoms with Gasteiger partial charge < -0.3 is 5.11 Å². The minimum absolute atomic E-state index is 0.252. The highest BCUT2D eigenvalue weighted by atomic mass is 16.3. The molecule has 13 heavy (non-hydrogen) atoms. The van der Waals surface area contributed by atoms with Gasteiger partial charge in [-0.25, -0.2) is 0 Å². The second-order valence-corrected chi connectivity index (χ2v) is 2.34. The number of rotatable bonds is 0. The number of H-pyrrole nitrogens is 1. The third-order valence-electron chi connectivity index (χ3n) is 1.61. The van der Waals surface area contributed by atoms with Gasteiger partial charge in [0.25, 0.3) is 5.88 Å². The van der Waals surface area contributed by atoms with Crippen LogP contribution in [0.25, 0.3) is 16.7 Å². The number of aromatic hydroxyl groups is 1. The molecule has 0 radical (unpaired) electrons. The van der Waals surface area contributed by atoms with Gasteiger partial charge in [-0.05, 0) is 10.4 Å². The van der Waals surface area contributed by atoms with Crippen LogP contribution in [-0.2, 0) is 0 Å². The summed E-state index contributed by atoms with van der Waals surface area (Å²) in [6.45, 7) is 0. The van der Waals surface area contributed by atoms with Gasteiger partial charge in [-0.15, -0.1) is 14.8 Å². The summed E-state index contributed by atoms with van der Waals surface area (Å²) in [5.41, 5.74) is 0.987. The number of nitrogens with zero attached hydrogens (tertiary/aromatic N) is 7. The van der Waals surface area contributed by atoms with Crippen molar-refractivity contribution in [2.45, 2.75) is 0 Å². The highest BCUT2D eigenvalue weighted by Crippen LogP contribution is 2.18. The lowest BCUT2D eigenvalue weighted by Gasteiger charge is -1.90. The van der Waals surface area contributed by atoms with E-state index in [1.54, 1.807) is 0 Å². The maximum atomic E-state index is 9.33. The molecule has 2 N–H and O–H groups in total. The van der Waals surface area contributed by atoms with Crippen molar-refractivity contribution in [2.75, 3.05) is 0 Å². The Morgan fingerprint density at radius 2 is 2.08 bits per heavy atom. The molecule has 3 rings (SSSR count). The van der Waals surface area contributed by atoms with E-state index in [0.29, 0.717) is 11.2 Å². The standard InChI is InChI=1S/C4H2N8O/c13-4-2-1(5-9-6-2)3-7-10-11-12(3)8-4/h(H,8,13)(H,5,6,9). The van der Waals surface area contributed by atoms with Gasteiger partial charge in [0.05, 0.1) is 0 Å². The van der Waals surface area contributed by atoms with E-state index in [4.69, 9.17) is 0 Å². The fourth-order valence-corrected chi connectivity index (χ4v) is 1.07. The monoisotopic (exact) mass is 178 g/mol. The molecule has 0 saturated carbocycles. The zero-order valence-electron chi connectivity index (χ0n) is 6.08. The van der Waals surface area contributed by atoms with Crippen LogP contribution < -0.4 is 0 Å². The molecule has 0 aromatic carbocycles. The molecule has 0 aliphatic rings. The van der Waals surface area contributed by atoms with E-state index >= 15 is 0 Å². The summed E-state index contributed by atoms with van der Waals surface area (Å²) in [5.74, 6) is -0.261. The topological polar surface area (TPSA) is 118 Å². The summed E-state index contributed by atoms with van der Waals surface area (Å²) in [6.07, 6.45) is 0. The van der Waals surface area contributed by atoms with Crippen LogP contribution in [-0.4, -0.2) is 45.8 Å². The average Bonchev–Trinajstić information content (AvgIpc) is 2.66. The van der Waals surface area contributed by atoms with E-state index in [1.807, 2.05) is 0 Å². The van der Waals surface area contributed by atoms with Gasteiger partial charge in [-0.2, -0.15) is 15.4 Å². The highest BCUT2D eigenvalue weighted by Gasteiger charge is 2.13. The first-order valence-corrected chi connectivity index (χ1v) is 3.34. The summed E-state index contributed by atoms with van der Waals surface area (Å²) in [6, 6.07) is 0. The molecule has 9 heteroatoms. The fourth-order valence-electron chi connectivity index (χ4n) is 1.07. The van der Waals surface area contributed by atoms with Crippen LogP contribution in [0, 0.1) is 0 Å². The fraction of sp³-hybridized carbons (Fsp3) is 0. The first-order chi connectivity index (χ1) is 6.36. The predicted octanol–water partition coefficient (Wildman–Crippen LogP) is -1.50. The SMILES string of the molecule is Oc1nn2nnnc2c2n[nH]nc12. The van der Waals surface area contributed by atoms with Gasteiger partial charge in [0.1, 0.15) is 0 Å². The van der Waals surface area contributed by atoms with Gasteiger partial charge in [0.15, 0.2) is 11.0 Å². The molecule has 0 aliphatic carbocycles. The molecule has 0 unspecified atom stereocenters. The van der Waals surface area contributed by atoms with Crippen molar-refractivity contribution in [1.82, 2.24) is 40.7 Å². The van der Waals surface area contributed by atoms with Crippen molar-refractivity contribution in [1.29, 1.82) is 0 Å². The van der Waals surface area contributed by atoms with Crippen LogP contribution in [0.3, 0.4) is 0 Å². The van der Waals surface area contributed by atoms with E-state index in [0.717, 1.165) is 4.63 Å². The van der Waals surface area contributed by atoms with E-state index in [2.05, 4.69) is 36.0 Å². The minimum Gasteiger partial charge on any atom is -0.491 e. The van der Waals surface area contributed by atoms with Gasteiger partial charge in [-0.3, -0.25) is 0 Å². The van der Waals surface area contributed by atoms with E-state index in [9.17, 15) is 5.11 Å². The lowest BCUT2D eigenvalue weighted by molar-refractivity contribution is 0.442. The Balaban J connectivity index is 2.70. The zero-order valence-corrected chi connectivity index (χ0v) is 6.08. The Hall–Kier alpha value is -2.32. The predicted molar refractivity (Wildman–Crippen MR) is 37.7 cm³/mol. The molecule has 0 bridgehead atoms.